The first-order valence-corrected chi connectivity index (χ1v) is 6.18. The van der Waals surface area contributed by atoms with E-state index in [9.17, 15) is 10.5 Å². The summed E-state index contributed by atoms with van der Waals surface area (Å²) in [7, 11) is 0. The molecule has 1 saturated carbocycles. The smallest absolute Gasteiger partial charge is 0.155 e. The Labute approximate surface area is 106 Å². The molecule has 0 aliphatic heterocycles. The van der Waals surface area contributed by atoms with Crippen LogP contribution in [0.2, 0.25) is 0 Å². The zero-order valence-electron chi connectivity index (χ0n) is 10.2. The van der Waals surface area contributed by atoms with Crippen LogP contribution in [-0.2, 0) is 4.89 Å². The van der Waals surface area contributed by atoms with Crippen molar-refractivity contribution in [2.75, 3.05) is 0 Å². The van der Waals surface area contributed by atoms with Crippen molar-refractivity contribution in [2.45, 2.75) is 37.7 Å². The lowest BCUT2D eigenvalue weighted by Crippen LogP contribution is -2.42. The molecule has 0 unspecified atom stereocenters. The summed E-state index contributed by atoms with van der Waals surface area (Å²) in [5.74, 6) is 0. The van der Waals surface area contributed by atoms with Crippen LogP contribution in [0, 0.1) is 11.3 Å². The number of hydrogen-bond donors (Lipinski definition) is 1. The fourth-order valence-corrected chi connectivity index (χ4v) is 2.35. The Hall–Kier alpha value is -1.70. The van der Waals surface area contributed by atoms with Gasteiger partial charge in [0.15, 0.2) is 11.3 Å². The Morgan fingerprint density at radius 2 is 1.89 bits per heavy atom. The van der Waals surface area contributed by atoms with Gasteiger partial charge in [-0.2, -0.15) is 5.26 Å². The lowest BCUT2D eigenvalue weighted by atomic mass is 9.81. The van der Waals surface area contributed by atoms with Gasteiger partial charge in [0, 0.05) is 0 Å². The summed E-state index contributed by atoms with van der Waals surface area (Å²) in [5, 5.41) is 18.5. The molecule has 2 rings (SSSR count). The summed E-state index contributed by atoms with van der Waals surface area (Å²) < 4.78 is 0. The molecule has 1 aliphatic carbocycles. The van der Waals surface area contributed by atoms with Crippen molar-refractivity contribution in [1.29, 1.82) is 5.26 Å². The predicted octanol–water partition coefficient (Wildman–Crippen LogP) is 3.48. The molecule has 1 aromatic rings. The van der Waals surface area contributed by atoms with E-state index in [1.165, 1.54) is 0 Å². The van der Waals surface area contributed by atoms with Gasteiger partial charge < -0.3 is 0 Å². The monoisotopic (exact) mass is 244 g/mol. The van der Waals surface area contributed by atoms with Gasteiger partial charge in [-0.15, -0.1) is 0 Å². The van der Waals surface area contributed by atoms with E-state index in [2.05, 4.69) is 15.9 Å². The molecule has 0 radical (unpaired) electrons. The number of nitriles is 1. The Morgan fingerprint density at radius 1 is 1.22 bits per heavy atom. The third kappa shape index (κ3) is 2.58. The molecule has 0 heterocycles. The number of rotatable bonds is 3. The number of para-hydroxylation sites is 1. The predicted molar refractivity (Wildman–Crippen MR) is 68.7 cm³/mol. The van der Waals surface area contributed by atoms with E-state index in [1.54, 1.807) is 0 Å². The van der Waals surface area contributed by atoms with E-state index in [0.717, 1.165) is 19.3 Å². The molecule has 0 spiro atoms. The Balaban J connectivity index is 2.32. The van der Waals surface area contributed by atoms with Crippen molar-refractivity contribution in [1.82, 2.24) is 0 Å². The summed E-state index contributed by atoms with van der Waals surface area (Å²) in [4.78, 5) is 8.97. The van der Waals surface area contributed by atoms with Crippen LogP contribution < -0.4 is 0 Å². The van der Waals surface area contributed by atoms with Gasteiger partial charge in [0.2, 0.25) is 0 Å². The molecule has 0 saturated heterocycles. The third-order valence-corrected chi connectivity index (χ3v) is 3.37. The van der Waals surface area contributed by atoms with Gasteiger partial charge >= 0.3 is 0 Å². The van der Waals surface area contributed by atoms with Crippen LogP contribution in [0.4, 0.5) is 5.69 Å². The van der Waals surface area contributed by atoms with E-state index in [0.29, 0.717) is 18.5 Å². The molecule has 4 heteroatoms. The fourth-order valence-electron chi connectivity index (χ4n) is 2.35. The second kappa shape index (κ2) is 5.76. The standard InChI is InChI=1S/C14H16N2O2/c15-11-13(16-12-7-3-1-4-8-12)14(18-17)9-5-2-6-10-14/h1,3-4,7-8,17H,2,5-6,9-10H2. The molecule has 18 heavy (non-hydrogen) atoms. The number of benzene rings is 1. The van der Waals surface area contributed by atoms with Gasteiger partial charge in [-0.05, 0) is 25.0 Å². The van der Waals surface area contributed by atoms with Gasteiger partial charge in [0.1, 0.15) is 6.07 Å². The van der Waals surface area contributed by atoms with Crippen molar-refractivity contribution < 1.29 is 10.1 Å². The Kier molecular flexibility index (Phi) is 4.08. The highest BCUT2D eigenvalue weighted by atomic mass is 17.1. The highest BCUT2D eigenvalue weighted by Gasteiger charge is 2.39. The molecule has 0 amide bonds. The van der Waals surface area contributed by atoms with Crippen LogP contribution in [0.1, 0.15) is 32.1 Å². The molecule has 1 aromatic carbocycles. The van der Waals surface area contributed by atoms with Gasteiger partial charge in [-0.25, -0.2) is 9.88 Å². The molecular weight excluding hydrogens is 228 g/mol. The zero-order chi connectivity index (χ0) is 12.8. The molecule has 1 N–H and O–H groups in total. The van der Waals surface area contributed by atoms with Crippen LogP contribution in [0.3, 0.4) is 0 Å². The minimum absolute atomic E-state index is 0.260. The van der Waals surface area contributed by atoms with E-state index in [4.69, 9.17) is 0 Å². The van der Waals surface area contributed by atoms with Crippen molar-refractivity contribution in [3.05, 3.63) is 30.3 Å². The maximum absolute atomic E-state index is 9.26. The second-order valence-electron chi connectivity index (χ2n) is 4.55. The largest absolute Gasteiger partial charge is 0.251 e. The summed E-state index contributed by atoms with van der Waals surface area (Å²) in [5.41, 5.74) is 0.0509. The summed E-state index contributed by atoms with van der Waals surface area (Å²) in [6.07, 6.45) is 4.27. The lowest BCUT2D eigenvalue weighted by molar-refractivity contribution is -0.306. The first kappa shape index (κ1) is 12.7. The van der Waals surface area contributed by atoms with Crippen molar-refractivity contribution in [3.8, 4) is 6.07 Å². The second-order valence-corrected chi connectivity index (χ2v) is 4.55. The average Bonchev–Trinajstić information content (AvgIpc) is 2.46. The van der Waals surface area contributed by atoms with E-state index in [1.807, 2.05) is 30.3 Å². The highest BCUT2D eigenvalue weighted by molar-refractivity contribution is 6.06. The van der Waals surface area contributed by atoms with Gasteiger partial charge in [-0.3, -0.25) is 5.26 Å². The van der Waals surface area contributed by atoms with Crippen LogP contribution in [0.5, 0.6) is 0 Å². The topological polar surface area (TPSA) is 65.6 Å². The molecule has 1 fully saturated rings. The minimum atomic E-state index is -0.914. The first-order chi connectivity index (χ1) is 8.80. The SMILES string of the molecule is N#CC(=Nc1ccccc1)C1(OO)CCCCC1. The van der Waals surface area contributed by atoms with Gasteiger partial charge in [0.25, 0.3) is 0 Å². The molecule has 0 aromatic heterocycles. The third-order valence-electron chi connectivity index (χ3n) is 3.37. The number of aliphatic imine (C=N–C) groups is 1. The Bertz CT molecular complexity index is 456. The van der Waals surface area contributed by atoms with Crippen molar-refractivity contribution in [2.24, 2.45) is 4.99 Å². The maximum Gasteiger partial charge on any atom is 0.155 e. The van der Waals surface area contributed by atoms with Gasteiger partial charge in [-0.1, -0.05) is 37.5 Å². The highest BCUT2D eigenvalue weighted by Crippen LogP contribution is 2.33. The fraction of sp³-hybridized carbons (Fsp3) is 0.429. The van der Waals surface area contributed by atoms with Crippen LogP contribution in [-0.4, -0.2) is 16.6 Å². The molecule has 1 aliphatic rings. The van der Waals surface area contributed by atoms with Crippen LogP contribution in [0.15, 0.2) is 35.3 Å². The molecule has 94 valence electrons. The normalized spacial score (nSPS) is 19.2. The average molecular weight is 244 g/mol. The van der Waals surface area contributed by atoms with Gasteiger partial charge in [0.05, 0.1) is 5.69 Å². The summed E-state index contributed by atoms with van der Waals surface area (Å²) in [6.45, 7) is 0. The van der Waals surface area contributed by atoms with Crippen LogP contribution in [0.25, 0.3) is 0 Å². The summed E-state index contributed by atoms with van der Waals surface area (Å²) in [6, 6.07) is 11.3. The zero-order valence-corrected chi connectivity index (χ0v) is 10.2. The number of hydrogen-bond acceptors (Lipinski definition) is 4. The quantitative estimate of drug-likeness (QED) is 0.503. The minimum Gasteiger partial charge on any atom is -0.251 e. The molecule has 4 nitrogen and oxygen atoms in total. The maximum atomic E-state index is 9.26. The molecular formula is C14H16N2O2. The van der Waals surface area contributed by atoms with Crippen LogP contribution >= 0.6 is 0 Å². The molecule has 0 bridgehead atoms. The number of nitrogens with zero attached hydrogens (tertiary/aromatic N) is 2. The van der Waals surface area contributed by atoms with Crippen molar-refractivity contribution >= 4 is 11.4 Å². The summed E-state index contributed by atoms with van der Waals surface area (Å²) >= 11 is 0. The molecule has 0 atom stereocenters. The first-order valence-electron chi connectivity index (χ1n) is 6.18. The van der Waals surface area contributed by atoms with E-state index >= 15 is 0 Å². The lowest BCUT2D eigenvalue weighted by Gasteiger charge is -2.32. The van der Waals surface area contributed by atoms with E-state index in [-0.39, 0.29) is 5.71 Å². The van der Waals surface area contributed by atoms with E-state index < -0.39 is 5.60 Å². The van der Waals surface area contributed by atoms with Crippen molar-refractivity contribution in [3.63, 3.8) is 0 Å². The Morgan fingerprint density at radius 3 is 2.44 bits per heavy atom.